The Bertz CT molecular complexity index is 2130. The smallest absolute Gasteiger partial charge is 0.172 e. The second kappa shape index (κ2) is 11.9. The Morgan fingerprint density at radius 3 is 1.33 bits per heavy atom. The van der Waals surface area contributed by atoms with Crippen LogP contribution >= 0.6 is 7.14 Å². The summed E-state index contributed by atoms with van der Waals surface area (Å²) in [5.74, 6) is 0.782. The molecule has 48 heavy (non-hydrogen) atoms. The van der Waals surface area contributed by atoms with Crippen LogP contribution in [0.25, 0.3) is 22.3 Å². The molecule has 0 N–H and O–H groups in total. The van der Waals surface area contributed by atoms with Gasteiger partial charge in [-0.05, 0) is 69.8 Å². The van der Waals surface area contributed by atoms with Gasteiger partial charge in [0.15, 0.2) is 7.14 Å². The highest BCUT2D eigenvalue weighted by Gasteiger charge is 2.38. The van der Waals surface area contributed by atoms with Gasteiger partial charge in [-0.15, -0.1) is 0 Å². The van der Waals surface area contributed by atoms with E-state index in [4.69, 9.17) is 4.98 Å². The van der Waals surface area contributed by atoms with E-state index < -0.39 is 7.14 Å². The van der Waals surface area contributed by atoms with Crippen LogP contribution in [0, 0.1) is 0 Å². The standard InChI is InChI=1S/C44H35N2OP/c1-44(2)39-29-34(32-15-7-3-8-16-32)23-26-41(39)46(42-27-24-35(30-40(42)44)33-17-9-4-10-18-33)43-28-25-38(31-45-43)48(47,36-19-11-5-12-20-36)37-21-13-6-14-22-37/h3-31H,1-2H3. The molecule has 0 radical (unpaired) electrons. The maximum atomic E-state index is 15.1. The minimum Gasteiger partial charge on any atom is -0.309 e. The Morgan fingerprint density at radius 1 is 0.479 bits per heavy atom. The van der Waals surface area contributed by atoms with Gasteiger partial charge in [0.25, 0.3) is 0 Å². The van der Waals surface area contributed by atoms with Gasteiger partial charge in [0.05, 0.1) is 11.4 Å². The van der Waals surface area contributed by atoms with E-state index in [-0.39, 0.29) is 5.41 Å². The molecule has 1 aromatic heterocycles. The Hall–Kier alpha value is -5.50. The summed E-state index contributed by atoms with van der Waals surface area (Å²) in [7, 11) is -3.15. The third-order valence-corrected chi connectivity index (χ3v) is 12.6. The average molecular weight is 639 g/mol. The fourth-order valence-corrected chi connectivity index (χ4v) is 9.61. The molecule has 7 aromatic rings. The van der Waals surface area contributed by atoms with E-state index >= 15 is 4.57 Å². The molecule has 1 aliphatic rings. The van der Waals surface area contributed by atoms with Crippen molar-refractivity contribution in [2.45, 2.75) is 19.3 Å². The first kappa shape index (κ1) is 29.9. The van der Waals surface area contributed by atoms with Crippen LogP contribution in [-0.4, -0.2) is 4.98 Å². The van der Waals surface area contributed by atoms with E-state index in [0.29, 0.717) is 5.30 Å². The minimum atomic E-state index is -3.15. The number of anilines is 3. The van der Waals surface area contributed by atoms with Crippen LogP contribution in [0.2, 0.25) is 0 Å². The van der Waals surface area contributed by atoms with Crippen LogP contribution in [-0.2, 0) is 9.98 Å². The van der Waals surface area contributed by atoms with E-state index in [1.807, 2.05) is 79.0 Å². The van der Waals surface area contributed by atoms with Crippen LogP contribution in [0.5, 0.6) is 0 Å². The van der Waals surface area contributed by atoms with E-state index in [1.54, 1.807) is 0 Å². The molecule has 0 atom stereocenters. The van der Waals surface area contributed by atoms with Gasteiger partial charge in [0, 0.05) is 27.5 Å². The number of rotatable bonds is 6. The average Bonchev–Trinajstić information content (AvgIpc) is 3.16. The van der Waals surface area contributed by atoms with Gasteiger partial charge in [-0.3, -0.25) is 4.90 Å². The first-order valence-electron chi connectivity index (χ1n) is 16.3. The maximum Gasteiger partial charge on any atom is 0.172 e. The summed E-state index contributed by atoms with van der Waals surface area (Å²) in [6.07, 6.45) is 1.81. The van der Waals surface area contributed by atoms with Crippen molar-refractivity contribution in [1.82, 2.24) is 4.98 Å². The van der Waals surface area contributed by atoms with Crippen molar-refractivity contribution in [3.8, 4) is 22.3 Å². The molecule has 0 saturated heterocycles. The Morgan fingerprint density at radius 2 is 0.917 bits per heavy atom. The summed E-state index contributed by atoms with van der Waals surface area (Å²) < 4.78 is 15.1. The van der Waals surface area contributed by atoms with Crippen molar-refractivity contribution in [3.05, 3.63) is 187 Å². The molecule has 0 amide bonds. The molecule has 0 unspecified atom stereocenters. The largest absolute Gasteiger partial charge is 0.309 e. The van der Waals surface area contributed by atoms with Crippen LogP contribution in [0.1, 0.15) is 25.0 Å². The molecule has 4 heteroatoms. The van der Waals surface area contributed by atoms with Crippen molar-refractivity contribution in [2.75, 3.05) is 4.90 Å². The highest BCUT2D eigenvalue weighted by molar-refractivity contribution is 7.85. The normalized spacial score (nSPS) is 13.4. The Balaban J connectivity index is 1.30. The summed E-state index contributed by atoms with van der Waals surface area (Å²) >= 11 is 0. The number of hydrogen-bond acceptors (Lipinski definition) is 3. The molecule has 1 aliphatic heterocycles. The molecule has 6 aromatic carbocycles. The topological polar surface area (TPSA) is 33.2 Å². The first-order chi connectivity index (χ1) is 23.4. The summed E-state index contributed by atoms with van der Waals surface area (Å²) in [4.78, 5) is 7.34. The molecule has 8 rings (SSSR count). The van der Waals surface area contributed by atoms with E-state index in [2.05, 4.69) is 116 Å². The minimum absolute atomic E-state index is 0.285. The summed E-state index contributed by atoms with van der Waals surface area (Å²) in [6, 6.07) is 58.2. The van der Waals surface area contributed by atoms with Crippen molar-refractivity contribution in [3.63, 3.8) is 0 Å². The van der Waals surface area contributed by atoms with Crippen molar-refractivity contribution < 1.29 is 4.57 Å². The molecule has 2 heterocycles. The van der Waals surface area contributed by atoms with Gasteiger partial charge in [-0.25, -0.2) is 4.98 Å². The van der Waals surface area contributed by atoms with Gasteiger partial charge in [-0.2, -0.15) is 0 Å². The first-order valence-corrected chi connectivity index (χ1v) is 18.0. The fraction of sp³-hybridized carbons (Fsp3) is 0.0682. The van der Waals surface area contributed by atoms with Crippen molar-refractivity contribution in [1.29, 1.82) is 0 Å². The van der Waals surface area contributed by atoms with Gasteiger partial charge < -0.3 is 4.57 Å². The highest BCUT2D eigenvalue weighted by atomic mass is 31.2. The molecule has 0 spiro atoms. The molecule has 0 bridgehead atoms. The third-order valence-electron chi connectivity index (χ3n) is 9.60. The quantitative estimate of drug-likeness (QED) is 0.170. The lowest BCUT2D eigenvalue weighted by atomic mass is 9.72. The number of fused-ring (bicyclic) bond motifs is 2. The fourth-order valence-electron chi connectivity index (χ4n) is 7.03. The van der Waals surface area contributed by atoms with Gasteiger partial charge >= 0.3 is 0 Å². The SMILES string of the molecule is CC1(C)c2cc(-c3ccccc3)ccc2N(c2ccc(P(=O)(c3ccccc3)c3ccccc3)cn2)c2ccc(-c3ccccc3)cc21. The van der Waals surface area contributed by atoms with Crippen molar-refractivity contribution >= 4 is 40.2 Å². The Labute approximate surface area is 282 Å². The second-order valence-electron chi connectivity index (χ2n) is 12.8. The van der Waals surface area contributed by atoms with Gasteiger partial charge in [0.2, 0.25) is 0 Å². The number of nitrogens with zero attached hydrogens (tertiary/aromatic N) is 2. The summed E-state index contributed by atoms with van der Waals surface area (Å²) in [6.45, 7) is 4.64. The van der Waals surface area contributed by atoms with E-state index in [1.165, 1.54) is 33.4 Å². The maximum absolute atomic E-state index is 15.1. The Kier molecular flexibility index (Phi) is 7.43. The molecule has 0 aliphatic carbocycles. The molecular weight excluding hydrogens is 603 g/mol. The molecule has 3 nitrogen and oxygen atoms in total. The lowest BCUT2D eigenvalue weighted by Gasteiger charge is -2.42. The lowest BCUT2D eigenvalue weighted by molar-refractivity contribution is 0.592. The predicted octanol–water partition coefficient (Wildman–Crippen LogP) is 10.2. The van der Waals surface area contributed by atoms with Crippen LogP contribution in [0.4, 0.5) is 17.2 Å². The van der Waals surface area contributed by atoms with Gasteiger partial charge in [-0.1, -0.05) is 147 Å². The monoisotopic (exact) mass is 638 g/mol. The summed E-state index contributed by atoms with van der Waals surface area (Å²) in [5.41, 5.74) is 9.09. The van der Waals surface area contributed by atoms with E-state index in [0.717, 1.165) is 27.8 Å². The zero-order chi connectivity index (χ0) is 32.7. The highest BCUT2D eigenvalue weighted by Crippen LogP contribution is 2.53. The molecule has 0 saturated carbocycles. The second-order valence-corrected chi connectivity index (χ2v) is 15.6. The third kappa shape index (κ3) is 4.99. The zero-order valence-corrected chi connectivity index (χ0v) is 27.9. The number of pyridine rings is 1. The van der Waals surface area contributed by atoms with Crippen LogP contribution < -0.4 is 20.8 Å². The number of aromatic nitrogens is 1. The number of benzene rings is 6. The zero-order valence-electron chi connectivity index (χ0n) is 27.0. The summed E-state index contributed by atoms with van der Waals surface area (Å²) in [5, 5.41) is 2.30. The molecular formula is C44H35N2OP. The predicted molar refractivity (Wildman–Crippen MR) is 201 cm³/mol. The lowest BCUT2D eigenvalue weighted by Crippen LogP contribution is -2.31. The van der Waals surface area contributed by atoms with Crippen molar-refractivity contribution in [2.24, 2.45) is 0 Å². The molecule has 0 fully saturated rings. The van der Waals surface area contributed by atoms with E-state index in [9.17, 15) is 0 Å². The van der Waals surface area contributed by atoms with Gasteiger partial charge in [0.1, 0.15) is 5.82 Å². The number of hydrogen-bond donors (Lipinski definition) is 0. The van der Waals surface area contributed by atoms with Crippen LogP contribution in [0.15, 0.2) is 176 Å². The molecule has 232 valence electrons. The van der Waals surface area contributed by atoms with Crippen LogP contribution in [0.3, 0.4) is 0 Å².